The molecule has 0 unspecified atom stereocenters. The van der Waals surface area contributed by atoms with Gasteiger partial charge >= 0.3 is 0 Å². The van der Waals surface area contributed by atoms with Gasteiger partial charge in [0.25, 0.3) is 5.91 Å². The van der Waals surface area contributed by atoms with Gasteiger partial charge in [0.05, 0.1) is 15.1 Å². The van der Waals surface area contributed by atoms with E-state index in [0.29, 0.717) is 15.8 Å². The summed E-state index contributed by atoms with van der Waals surface area (Å²) in [6, 6.07) is 19.8. The zero-order valence-electron chi connectivity index (χ0n) is 15.8. The Morgan fingerprint density at radius 3 is 2.59 bits per heavy atom. The molecule has 1 fully saturated rings. The lowest BCUT2D eigenvalue weighted by atomic mass is 10.2. The standard InChI is InChI=1S/C22H17BrN2O2S2/c1-14-8-10-15(11-9-14)24-22-25(2)20(26)19(29-22)13-16-12-18(23)21(27-16)28-17-6-4-3-5-7-17/h3-13H,1-2H3/b19-13-,24-22?. The van der Waals surface area contributed by atoms with Crippen molar-refractivity contribution in [3.8, 4) is 0 Å². The van der Waals surface area contributed by atoms with Crippen LogP contribution >= 0.6 is 39.5 Å². The Kier molecular flexibility index (Phi) is 5.99. The van der Waals surface area contributed by atoms with Crippen LogP contribution in [0.15, 0.2) is 89.4 Å². The Bertz CT molecular complexity index is 1110. The minimum Gasteiger partial charge on any atom is -0.449 e. The van der Waals surface area contributed by atoms with Crippen molar-refractivity contribution in [2.24, 2.45) is 4.99 Å². The van der Waals surface area contributed by atoms with Crippen LogP contribution < -0.4 is 0 Å². The van der Waals surface area contributed by atoms with Crippen molar-refractivity contribution in [3.05, 3.63) is 81.4 Å². The maximum atomic E-state index is 12.6. The van der Waals surface area contributed by atoms with Gasteiger partial charge in [0, 0.05) is 18.0 Å². The molecule has 1 aliphatic rings. The number of carbonyl (C=O) groups is 1. The lowest BCUT2D eigenvalue weighted by molar-refractivity contribution is -0.121. The molecule has 1 aliphatic heterocycles. The molecule has 0 radical (unpaired) electrons. The summed E-state index contributed by atoms with van der Waals surface area (Å²) in [6.45, 7) is 2.03. The highest BCUT2D eigenvalue weighted by molar-refractivity contribution is 9.10. The molecule has 1 saturated heterocycles. The van der Waals surface area contributed by atoms with Gasteiger partial charge in [-0.25, -0.2) is 4.99 Å². The van der Waals surface area contributed by atoms with Crippen molar-refractivity contribution >= 4 is 62.3 Å². The van der Waals surface area contributed by atoms with Crippen LogP contribution in [0.2, 0.25) is 0 Å². The lowest BCUT2D eigenvalue weighted by Crippen LogP contribution is -2.23. The number of aryl methyl sites for hydroxylation is 1. The number of nitrogens with zero attached hydrogens (tertiary/aromatic N) is 2. The number of hydrogen-bond acceptors (Lipinski definition) is 5. The average molecular weight is 485 g/mol. The summed E-state index contributed by atoms with van der Waals surface area (Å²) in [4.78, 5) is 20.5. The zero-order valence-corrected chi connectivity index (χ0v) is 19.0. The van der Waals surface area contributed by atoms with Crippen LogP contribution in [0.1, 0.15) is 11.3 Å². The third kappa shape index (κ3) is 4.69. The molecule has 0 saturated carbocycles. The van der Waals surface area contributed by atoms with E-state index in [1.54, 1.807) is 18.0 Å². The molecule has 4 rings (SSSR count). The van der Waals surface area contributed by atoms with Crippen LogP contribution in [0.4, 0.5) is 5.69 Å². The third-order valence-corrected chi connectivity index (χ3v) is 7.07. The molecule has 0 N–H and O–H groups in total. The normalized spacial score (nSPS) is 16.9. The molecule has 1 amide bonds. The first-order valence-corrected chi connectivity index (χ1v) is 11.3. The van der Waals surface area contributed by atoms with Gasteiger partial charge in [-0.3, -0.25) is 9.69 Å². The fraction of sp³-hybridized carbons (Fsp3) is 0.0909. The highest BCUT2D eigenvalue weighted by atomic mass is 79.9. The fourth-order valence-corrected chi connectivity index (χ4v) is 4.93. The maximum absolute atomic E-state index is 12.6. The molecule has 29 heavy (non-hydrogen) atoms. The Hall–Kier alpha value is -2.22. The molecule has 146 valence electrons. The first kappa shape index (κ1) is 20.1. The molecule has 3 aromatic rings. The molecule has 2 heterocycles. The molecular formula is C22H17BrN2O2S2. The van der Waals surface area contributed by atoms with E-state index < -0.39 is 0 Å². The Balaban J connectivity index is 1.56. The summed E-state index contributed by atoms with van der Waals surface area (Å²) in [5.74, 6) is 0.529. The van der Waals surface area contributed by atoms with E-state index in [4.69, 9.17) is 4.42 Å². The first-order valence-electron chi connectivity index (χ1n) is 8.85. The van der Waals surface area contributed by atoms with Crippen LogP contribution in [0.5, 0.6) is 0 Å². The molecular weight excluding hydrogens is 468 g/mol. The topological polar surface area (TPSA) is 45.8 Å². The highest BCUT2D eigenvalue weighted by Crippen LogP contribution is 2.38. The number of benzene rings is 2. The van der Waals surface area contributed by atoms with Gasteiger partial charge in [-0.2, -0.15) is 0 Å². The van der Waals surface area contributed by atoms with E-state index in [0.717, 1.165) is 20.1 Å². The Labute approximate surface area is 186 Å². The van der Waals surface area contributed by atoms with Crippen LogP contribution in [0, 0.1) is 6.92 Å². The number of amides is 1. The molecule has 4 nitrogen and oxygen atoms in total. The highest BCUT2D eigenvalue weighted by Gasteiger charge is 2.30. The second-order valence-electron chi connectivity index (χ2n) is 6.40. The number of carbonyl (C=O) groups excluding carboxylic acids is 1. The average Bonchev–Trinajstić information content (AvgIpc) is 3.18. The van der Waals surface area contributed by atoms with Gasteiger partial charge < -0.3 is 4.42 Å². The van der Waals surface area contributed by atoms with Gasteiger partial charge in [-0.05, 0) is 64.9 Å². The predicted molar refractivity (Wildman–Crippen MR) is 124 cm³/mol. The second-order valence-corrected chi connectivity index (χ2v) is 9.31. The summed E-state index contributed by atoms with van der Waals surface area (Å²) >= 11 is 6.42. The number of hydrogen-bond donors (Lipinski definition) is 0. The lowest BCUT2D eigenvalue weighted by Gasteiger charge is -2.07. The maximum Gasteiger partial charge on any atom is 0.266 e. The van der Waals surface area contributed by atoms with E-state index >= 15 is 0 Å². The number of rotatable bonds is 4. The van der Waals surface area contributed by atoms with Crippen LogP contribution in [0.3, 0.4) is 0 Å². The molecule has 7 heteroatoms. The van der Waals surface area contributed by atoms with E-state index in [1.807, 2.05) is 67.6 Å². The summed E-state index contributed by atoms with van der Waals surface area (Å²) in [6.07, 6.45) is 1.76. The quantitative estimate of drug-likeness (QED) is 0.384. The Morgan fingerprint density at radius 1 is 1.14 bits per heavy atom. The minimum atomic E-state index is -0.0920. The third-order valence-electron chi connectivity index (χ3n) is 4.16. The number of likely N-dealkylation sites (N-methyl/N-ethyl adjacent to an activating group) is 1. The van der Waals surface area contributed by atoms with Crippen molar-refractivity contribution in [3.63, 3.8) is 0 Å². The SMILES string of the molecule is Cc1ccc(N=C2S/C(=C\c3cc(Br)c(Sc4ccccc4)o3)C(=O)N2C)cc1. The Morgan fingerprint density at radius 2 is 1.86 bits per heavy atom. The molecule has 0 spiro atoms. The number of aliphatic imine (C=N–C) groups is 1. The smallest absolute Gasteiger partial charge is 0.266 e. The summed E-state index contributed by atoms with van der Waals surface area (Å²) in [5, 5.41) is 1.40. The molecule has 2 aromatic carbocycles. The van der Waals surface area contributed by atoms with Gasteiger partial charge in [-0.1, -0.05) is 47.7 Å². The van der Waals surface area contributed by atoms with Crippen molar-refractivity contribution in [2.45, 2.75) is 16.9 Å². The van der Waals surface area contributed by atoms with Gasteiger partial charge in [0.2, 0.25) is 0 Å². The van der Waals surface area contributed by atoms with Gasteiger partial charge in [0.15, 0.2) is 10.3 Å². The molecule has 1 aromatic heterocycles. The largest absolute Gasteiger partial charge is 0.449 e. The number of thioether (sulfide) groups is 1. The summed E-state index contributed by atoms with van der Waals surface area (Å²) in [5.41, 5.74) is 1.99. The second kappa shape index (κ2) is 8.65. The van der Waals surface area contributed by atoms with Crippen molar-refractivity contribution in [1.29, 1.82) is 0 Å². The van der Waals surface area contributed by atoms with Crippen LogP contribution in [0.25, 0.3) is 6.08 Å². The van der Waals surface area contributed by atoms with E-state index in [1.165, 1.54) is 29.1 Å². The van der Waals surface area contributed by atoms with Crippen LogP contribution in [-0.2, 0) is 4.79 Å². The molecule has 0 atom stereocenters. The zero-order chi connectivity index (χ0) is 20.4. The fourth-order valence-electron chi connectivity index (χ4n) is 2.62. The van der Waals surface area contributed by atoms with E-state index in [2.05, 4.69) is 20.9 Å². The number of furan rings is 1. The molecule has 0 aliphatic carbocycles. The molecule has 0 bridgehead atoms. The minimum absolute atomic E-state index is 0.0920. The van der Waals surface area contributed by atoms with E-state index in [-0.39, 0.29) is 5.91 Å². The number of halogens is 1. The van der Waals surface area contributed by atoms with Gasteiger partial charge in [0.1, 0.15) is 5.76 Å². The first-order chi connectivity index (χ1) is 14.0. The summed E-state index contributed by atoms with van der Waals surface area (Å²) in [7, 11) is 1.73. The monoisotopic (exact) mass is 484 g/mol. The predicted octanol–water partition coefficient (Wildman–Crippen LogP) is 6.74. The number of amidine groups is 1. The van der Waals surface area contributed by atoms with Gasteiger partial charge in [-0.15, -0.1) is 0 Å². The van der Waals surface area contributed by atoms with E-state index in [9.17, 15) is 4.79 Å². The van der Waals surface area contributed by atoms with Crippen molar-refractivity contribution in [1.82, 2.24) is 4.90 Å². The summed E-state index contributed by atoms with van der Waals surface area (Å²) < 4.78 is 6.80. The van der Waals surface area contributed by atoms with Crippen LogP contribution in [-0.4, -0.2) is 23.0 Å². The van der Waals surface area contributed by atoms with Crippen molar-refractivity contribution < 1.29 is 9.21 Å². The van der Waals surface area contributed by atoms with Crippen molar-refractivity contribution in [2.75, 3.05) is 7.05 Å².